The molecule has 0 bridgehead atoms. The lowest BCUT2D eigenvalue weighted by atomic mass is 9.91. The first-order valence-corrected chi connectivity index (χ1v) is 8.43. The molecule has 0 aromatic rings. The van der Waals surface area contributed by atoms with E-state index in [9.17, 15) is 4.79 Å². The van der Waals surface area contributed by atoms with E-state index < -0.39 is 0 Å². The van der Waals surface area contributed by atoms with E-state index in [1.807, 2.05) is 11.8 Å². The number of nitrogens with zero attached hydrogens (tertiary/aromatic N) is 1. The number of hydrogen-bond donors (Lipinski definition) is 1. The molecule has 2 aliphatic rings. The predicted octanol–water partition coefficient (Wildman–Crippen LogP) is 2.11. The lowest BCUT2D eigenvalue weighted by molar-refractivity contribution is -0.134. The van der Waals surface area contributed by atoms with E-state index in [0.29, 0.717) is 17.7 Å². The molecule has 0 aromatic heterocycles. The lowest BCUT2D eigenvalue weighted by Gasteiger charge is -2.35. The maximum Gasteiger partial charge on any atom is 0.222 e. The van der Waals surface area contributed by atoms with Crippen LogP contribution in [-0.4, -0.2) is 41.4 Å². The van der Waals surface area contributed by atoms with Gasteiger partial charge >= 0.3 is 0 Å². The third-order valence-corrected chi connectivity index (χ3v) is 5.41. The van der Waals surface area contributed by atoms with Crippen molar-refractivity contribution in [2.24, 2.45) is 17.6 Å². The zero-order valence-corrected chi connectivity index (χ0v) is 12.3. The van der Waals surface area contributed by atoms with Gasteiger partial charge in [0, 0.05) is 25.6 Å². The second kappa shape index (κ2) is 6.80. The Kier molecular flexibility index (Phi) is 5.37. The minimum Gasteiger partial charge on any atom is -0.342 e. The summed E-state index contributed by atoms with van der Waals surface area (Å²) in [6.45, 7) is 3.90. The molecule has 0 radical (unpaired) electrons. The molecule has 2 rings (SSSR count). The zero-order chi connectivity index (χ0) is 13.0. The molecule has 0 aliphatic carbocycles. The molecule has 1 amide bonds. The highest BCUT2D eigenvalue weighted by Gasteiger charge is 2.27. The van der Waals surface area contributed by atoms with E-state index in [-0.39, 0.29) is 6.04 Å². The molecule has 2 aliphatic heterocycles. The number of thioether (sulfide) groups is 1. The molecule has 2 heterocycles. The molecule has 0 aromatic carbocycles. The van der Waals surface area contributed by atoms with Gasteiger partial charge < -0.3 is 10.6 Å². The summed E-state index contributed by atoms with van der Waals surface area (Å²) >= 11 is 2.02. The van der Waals surface area contributed by atoms with Crippen LogP contribution in [0.3, 0.4) is 0 Å². The van der Waals surface area contributed by atoms with Crippen LogP contribution in [0.1, 0.15) is 39.0 Å². The smallest absolute Gasteiger partial charge is 0.222 e. The standard InChI is InChI=1S/C14H26N2OS/c1-11(15)13-3-2-6-16(10-13)14(17)9-12-4-7-18-8-5-12/h11-13H,2-10,15H2,1H3. The minimum atomic E-state index is 0.215. The maximum absolute atomic E-state index is 12.3. The SMILES string of the molecule is CC(N)C1CCCN(C(=O)CC2CCSCC2)C1. The van der Waals surface area contributed by atoms with E-state index in [0.717, 1.165) is 25.9 Å². The lowest BCUT2D eigenvalue weighted by Crippen LogP contribution is -2.45. The summed E-state index contributed by atoms with van der Waals surface area (Å²) in [6.07, 6.45) is 5.52. The van der Waals surface area contributed by atoms with Gasteiger partial charge in [-0.25, -0.2) is 0 Å². The molecule has 2 unspecified atom stereocenters. The fraction of sp³-hybridized carbons (Fsp3) is 0.929. The van der Waals surface area contributed by atoms with E-state index in [1.165, 1.54) is 30.8 Å². The second-order valence-corrected chi connectivity index (χ2v) is 7.09. The quantitative estimate of drug-likeness (QED) is 0.854. The normalized spacial score (nSPS) is 28.1. The number of carbonyl (C=O) groups excluding carboxylic acids is 1. The summed E-state index contributed by atoms with van der Waals surface area (Å²) in [6, 6.07) is 0.215. The van der Waals surface area contributed by atoms with Gasteiger partial charge in [-0.2, -0.15) is 11.8 Å². The van der Waals surface area contributed by atoms with E-state index in [2.05, 4.69) is 11.8 Å². The van der Waals surface area contributed by atoms with Crippen LogP contribution in [0.4, 0.5) is 0 Å². The first-order chi connectivity index (χ1) is 8.66. The molecule has 3 nitrogen and oxygen atoms in total. The summed E-state index contributed by atoms with van der Waals surface area (Å²) in [5.74, 6) is 3.98. The van der Waals surface area contributed by atoms with Gasteiger partial charge in [0.05, 0.1) is 0 Å². The highest BCUT2D eigenvalue weighted by Crippen LogP contribution is 2.27. The third-order valence-electron chi connectivity index (χ3n) is 4.36. The fourth-order valence-corrected chi connectivity index (χ4v) is 4.20. The number of piperidine rings is 1. The van der Waals surface area contributed by atoms with Gasteiger partial charge in [0.2, 0.25) is 5.91 Å². The van der Waals surface area contributed by atoms with Crippen molar-refractivity contribution in [1.29, 1.82) is 0 Å². The van der Waals surface area contributed by atoms with Crippen LogP contribution >= 0.6 is 11.8 Å². The zero-order valence-electron chi connectivity index (χ0n) is 11.4. The Morgan fingerprint density at radius 3 is 2.78 bits per heavy atom. The van der Waals surface area contributed by atoms with Crippen molar-refractivity contribution in [3.8, 4) is 0 Å². The summed E-state index contributed by atoms with van der Waals surface area (Å²) in [7, 11) is 0. The molecule has 18 heavy (non-hydrogen) atoms. The largest absolute Gasteiger partial charge is 0.342 e. The average Bonchev–Trinajstić information content (AvgIpc) is 2.40. The molecule has 2 N–H and O–H groups in total. The fourth-order valence-electron chi connectivity index (χ4n) is 2.99. The Labute approximate surface area is 115 Å². The molecule has 0 spiro atoms. The number of nitrogens with two attached hydrogens (primary N) is 1. The summed E-state index contributed by atoms with van der Waals surface area (Å²) in [4.78, 5) is 14.4. The predicted molar refractivity (Wildman–Crippen MR) is 77.6 cm³/mol. The summed E-state index contributed by atoms with van der Waals surface area (Å²) in [5, 5.41) is 0. The minimum absolute atomic E-state index is 0.215. The second-order valence-electron chi connectivity index (χ2n) is 5.86. The van der Waals surface area contributed by atoms with Gasteiger partial charge in [-0.05, 0) is 55.9 Å². The third kappa shape index (κ3) is 3.89. The number of hydrogen-bond acceptors (Lipinski definition) is 3. The molecular formula is C14H26N2OS. The van der Waals surface area contributed by atoms with Crippen molar-refractivity contribution in [3.05, 3.63) is 0 Å². The number of carbonyl (C=O) groups is 1. The Hall–Kier alpha value is -0.220. The topological polar surface area (TPSA) is 46.3 Å². The molecule has 2 fully saturated rings. The van der Waals surface area contributed by atoms with Gasteiger partial charge in [0.15, 0.2) is 0 Å². The van der Waals surface area contributed by atoms with Crippen LogP contribution in [0, 0.1) is 11.8 Å². The van der Waals surface area contributed by atoms with Crippen molar-refractivity contribution in [1.82, 2.24) is 4.90 Å². The van der Waals surface area contributed by atoms with Crippen LogP contribution < -0.4 is 5.73 Å². The number of likely N-dealkylation sites (tertiary alicyclic amines) is 1. The first-order valence-electron chi connectivity index (χ1n) is 7.28. The molecule has 4 heteroatoms. The van der Waals surface area contributed by atoms with Crippen molar-refractivity contribution in [2.75, 3.05) is 24.6 Å². The summed E-state index contributed by atoms with van der Waals surface area (Å²) < 4.78 is 0. The van der Waals surface area contributed by atoms with Crippen molar-refractivity contribution in [2.45, 2.75) is 45.1 Å². The first kappa shape index (κ1) is 14.2. The maximum atomic E-state index is 12.3. The van der Waals surface area contributed by atoms with E-state index in [4.69, 9.17) is 5.73 Å². The Morgan fingerprint density at radius 1 is 1.39 bits per heavy atom. The van der Waals surface area contributed by atoms with Gasteiger partial charge in [0.1, 0.15) is 0 Å². The highest BCUT2D eigenvalue weighted by atomic mass is 32.2. The van der Waals surface area contributed by atoms with Crippen molar-refractivity contribution < 1.29 is 4.79 Å². The molecule has 2 atom stereocenters. The van der Waals surface area contributed by atoms with Gasteiger partial charge in [-0.1, -0.05) is 0 Å². The Morgan fingerprint density at radius 2 is 2.11 bits per heavy atom. The highest BCUT2D eigenvalue weighted by molar-refractivity contribution is 7.99. The van der Waals surface area contributed by atoms with E-state index >= 15 is 0 Å². The monoisotopic (exact) mass is 270 g/mol. The van der Waals surface area contributed by atoms with Crippen LogP contribution in [0.25, 0.3) is 0 Å². The van der Waals surface area contributed by atoms with Crippen molar-refractivity contribution in [3.63, 3.8) is 0 Å². The Balaban J connectivity index is 1.80. The van der Waals surface area contributed by atoms with Gasteiger partial charge in [-0.3, -0.25) is 4.79 Å². The van der Waals surface area contributed by atoms with Crippen LogP contribution in [0.5, 0.6) is 0 Å². The van der Waals surface area contributed by atoms with Crippen LogP contribution in [0.2, 0.25) is 0 Å². The van der Waals surface area contributed by atoms with Crippen LogP contribution in [0.15, 0.2) is 0 Å². The van der Waals surface area contributed by atoms with Crippen molar-refractivity contribution >= 4 is 17.7 Å². The molecule has 2 saturated heterocycles. The molecule has 0 saturated carbocycles. The Bertz CT molecular complexity index is 277. The number of amides is 1. The van der Waals surface area contributed by atoms with Crippen LogP contribution in [-0.2, 0) is 4.79 Å². The molecular weight excluding hydrogens is 244 g/mol. The number of rotatable bonds is 3. The molecule has 104 valence electrons. The van der Waals surface area contributed by atoms with E-state index in [1.54, 1.807) is 0 Å². The average molecular weight is 270 g/mol. The van der Waals surface area contributed by atoms with Gasteiger partial charge in [-0.15, -0.1) is 0 Å². The van der Waals surface area contributed by atoms with Gasteiger partial charge in [0.25, 0.3) is 0 Å². The summed E-state index contributed by atoms with van der Waals surface area (Å²) in [5.41, 5.74) is 5.97.